The van der Waals surface area contributed by atoms with Gasteiger partial charge in [-0.05, 0) is 26.2 Å². The third-order valence-corrected chi connectivity index (χ3v) is 3.83. The van der Waals surface area contributed by atoms with Crippen molar-refractivity contribution in [3.05, 3.63) is 32.6 Å². The minimum atomic E-state index is -0.576. The van der Waals surface area contributed by atoms with Gasteiger partial charge in [0, 0.05) is 31.9 Å². The van der Waals surface area contributed by atoms with Crippen LogP contribution in [-0.4, -0.2) is 39.0 Å². The van der Waals surface area contributed by atoms with Crippen LogP contribution >= 0.6 is 12.4 Å². The third kappa shape index (κ3) is 3.36. The molecular formula is C13H21ClN4O3. The molecule has 7 nitrogen and oxygen atoms in total. The highest BCUT2D eigenvalue weighted by Gasteiger charge is 2.31. The van der Waals surface area contributed by atoms with Crippen molar-refractivity contribution in [1.29, 1.82) is 0 Å². The molecular weight excluding hydrogens is 296 g/mol. The van der Waals surface area contributed by atoms with E-state index < -0.39 is 11.2 Å². The summed E-state index contributed by atoms with van der Waals surface area (Å²) in [4.78, 5) is 39.9. The lowest BCUT2D eigenvalue weighted by Gasteiger charge is -2.37. The van der Waals surface area contributed by atoms with Crippen LogP contribution in [0.2, 0.25) is 0 Å². The molecule has 2 atom stereocenters. The predicted molar refractivity (Wildman–Crippen MR) is 81.9 cm³/mol. The SMILES string of the molecule is CC(N)C1CCCCN1C(=O)c1c[nH]c(=O)n(C)c1=O.Cl. The zero-order chi connectivity index (χ0) is 14.9. The lowest BCUT2D eigenvalue weighted by Crippen LogP contribution is -2.53. The van der Waals surface area contributed by atoms with E-state index in [1.807, 2.05) is 6.92 Å². The van der Waals surface area contributed by atoms with Gasteiger partial charge in [-0.2, -0.15) is 0 Å². The Morgan fingerprint density at radius 3 is 2.71 bits per heavy atom. The van der Waals surface area contributed by atoms with Crippen LogP contribution in [0, 0.1) is 0 Å². The fraction of sp³-hybridized carbons (Fsp3) is 0.615. The van der Waals surface area contributed by atoms with Gasteiger partial charge in [-0.3, -0.25) is 14.2 Å². The minimum absolute atomic E-state index is 0. The molecule has 1 amide bonds. The Kier molecular flexibility index (Phi) is 5.74. The van der Waals surface area contributed by atoms with Crippen LogP contribution in [0.15, 0.2) is 15.8 Å². The largest absolute Gasteiger partial charge is 0.334 e. The molecule has 0 saturated carbocycles. The Balaban J connectivity index is 0.00000220. The second-order valence-electron chi connectivity index (χ2n) is 5.29. The molecule has 1 fully saturated rings. The van der Waals surface area contributed by atoms with E-state index in [2.05, 4.69) is 4.98 Å². The number of hydrogen-bond acceptors (Lipinski definition) is 4. The molecule has 2 unspecified atom stereocenters. The number of amides is 1. The minimum Gasteiger partial charge on any atom is -0.334 e. The summed E-state index contributed by atoms with van der Waals surface area (Å²) >= 11 is 0. The first-order chi connectivity index (χ1) is 9.43. The second kappa shape index (κ2) is 6.91. The first-order valence-electron chi connectivity index (χ1n) is 6.78. The summed E-state index contributed by atoms with van der Waals surface area (Å²) in [6.07, 6.45) is 3.96. The number of aromatic nitrogens is 2. The van der Waals surface area contributed by atoms with Crippen molar-refractivity contribution in [2.24, 2.45) is 12.8 Å². The Bertz CT molecular complexity index is 623. The first-order valence-corrected chi connectivity index (χ1v) is 6.78. The quantitative estimate of drug-likeness (QED) is 0.791. The van der Waals surface area contributed by atoms with E-state index in [-0.39, 0.29) is 36.0 Å². The number of nitrogens with zero attached hydrogens (tertiary/aromatic N) is 2. The Morgan fingerprint density at radius 1 is 1.43 bits per heavy atom. The normalized spacial score (nSPS) is 19.8. The van der Waals surface area contributed by atoms with Crippen LogP contribution < -0.4 is 17.0 Å². The number of hydrogen-bond donors (Lipinski definition) is 2. The number of aromatic amines is 1. The summed E-state index contributed by atoms with van der Waals surface area (Å²) < 4.78 is 0.901. The van der Waals surface area contributed by atoms with Gasteiger partial charge in [-0.15, -0.1) is 12.4 Å². The third-order valence-electron chi connectivity index (χ3n) is 3.83. The fourth-order valence-electron chi connectivity index (χ4n) is 2.63. The van der Waals surface area contributed by atoms with E-state index in [4.69, 9.17) is 5.73 Å². The van der Waals surface area contributed by atoms with Crippen LogP contribution in [0.4, 0.5) is 0 Å². The Hall–Kier alpha value is -1.60. The molecule has 1 saturated heterocycles. The monoisotopic (exact) mass is 316 g/mol. The van der Waals surface area contributed by atoms with Gasteiger partial charge in [0.1, 0.15) is 5.56 Å². The molecule has 21 heavy (non-hydrogen) atoms. The molecule has 8 heteroatoms. The maximum Gasteiger partial charge on any atom is 0.328 e. The smallest absolute Gasteiger partial charge is 0.328 e. The average Bonchev–Trinajstić information content (AvgIpc) is 2.44. The Morgan fingerprint density at radius 2 is 2.10 bits per heavy atom. The maximum absolute atomic E-state index is 12.5. The van der Waals surface area contributed by atoms with Gasteiger partial charge < -0.3 is 15.6 Å². The summed E-state index contributed by atoms with van der Waals surface area (Å²) in [5.41, 5.74) is 4.81. The van der Waals surface area contributed by atoms with E-state index in [0.717, 1.165) is 23.8 Å². The molecule has 0 spiro atoms. The highest BCUT2D eigenvalue weighted by molar-refractivity contribution is 5.93. The van der Waals surface area contributed by atoms with Gasteiger partial charge in [-0.1, -0.05) is 0 Å². The van der Waals surface area contributed by atoms with Crippen molar-refractivity contribution in [3.8, 4) is 0 Å². The van der Waals surface area contributed by atoms with Gasteiger partial charge in [-0.25, -0.2) is 4.79 Å². The first kappa shape index (κ1) is 17.5. The topological polar surface area (TPSA) is 101 Å². The highest BCUT2D eigenvalue weighted by atomic mass is 35.5. The van der Waals surface area contributed by atoms with E-state index in [0.29, 0.717) is 6.54 Å². The molecule has 1 aromatic heterocycles. The van der Waals surface area contributed by atoms with Gasteiger partial charge in [0.2, 0.25) is 0 Å². The molecule has 0 radical (unpaired) electrons. The molecule has 1 aromatic rings. The molecule has 1 aliphatic heterocycles. The number of carbonyl (C=O) groups is 1. The molecule has 0 aliphatic carbocycles. The highest BCUT2D eigenvalue weighted by Crippen LogP contribution is 2.20. The molecule has 1 aliphatic rings. The van der Waals surface area contributed by atoms with E-state index in [1.54, 1.807) is 4.90 Å². The zero-order valence-electron chi connectivity index (χ0n) is 12.2. The lowest BCUT2D eigenvalue weighted by atomic mass is 9.96. The summed E-state index contributed by atoms with van der Waals surface area (Å²) in [5.74, 6) is -0.358. The molecule has 3 N–H and O–H groups in total. The van der Waals surface area contributed by atoms with Gasteiger partial charge in [0.05, 0.1) is 0 Å². The van der Waals surface area contributed by atoms with Crippen molar-refractivity contribution in [1.82, 2.24) is 14.5 Å². The molecule has 118 valence electrons. The van der Waals surface area contributed by atoms with Crippen molar-refractivity contribution < 1.29 is 4.79 Å². The van der Waals surface area contributed by atoms with E-state index >= 15 is 0 Å². The fourth-order valence-corrected chi connectivity index (χ4v) is 2.63. The molecule has 0 bridgehead atoms. The number of nitrogens with one attached hydrogen (secondary N) is 1. The lowest BCUT2D eigenvalue weighted by molar-refractivity contribution is 0.0580. The summed E-state index contributed by atoms with van der Waals surface area (Å²) in [6, 6.07) is -0.209. The van der Waals surface area contributed by atoms with Gasteiger partial charge >= 0.3 is 5.69 Å². The molecule has 2 heterocycles. The van der Waals surface area contributed by atoms with Crippen molar-refractivity contribution in [2.75, 3.05) is 6.54 Å². The molecule has 0 aromatic carbocycles. The predicted octanol–water partition coefficient (Wildman–Crippen LogP) is -0.163. The van der Waals surface area contributed by atoms with Crippen LogP contribution in [0.3, 0.4) is 0 Å². The van der Waals surface area contributed by atoms with Gasteiger partial charge in [0.25, 0.3) is 11.5 Å². The number of piperidine rings is 1. The zero-order valence-corrected chi connectivity index (χ0v) is 13.0. The second-order valence-corrected chi connectivity index (χ2v) is 5.29. The summed E-state index contributed by atoms with van der Waals surface area (Å²) in [6.45, 7) is 2.45. The number of carbonyl (C=O) groups excluding carboxylic acids is 1. The Labute approximate surface area is 128 Å². The van der Waals surface area contributed by atoms with Crippen LogP contribution in [0.25, 0.3) is 0 Å². The number of H-pyrrole nitrogens is 1. The number of likely N-dealkylation sites (tertiary alicyclic amines) is 1. The van der Waals surface area contributed by atoms with Crippen molar-refractivity contribution in [3.63, 3.8) is 0 Å². The van der Waals surface area contributed by atoms with Crippen molar-refractivity contribution in [2.45, 2.75) is 38.3 Å². The number of nitrogens with two attached hydrogens (primary N) is 1. The van der Waals surface area contributed by atoms with E-state index in [9.17, 15) is 14.4 Å². The van der Waals surface area contributed by atoms with E-state index in [1.165, 1.54) is 13.2 Å². The average molecular weight is 317 g/mol. The maximum atomic E-state index is 12.5. The van der Waals surface area contributed by atoms with Crippen LogP contribution in [0.5, 0.6) is 0 Å². The standard InChI is InChI=1S/C13H20N4O3.ClH/c1-8(14)10-5-3-4-6-17(10)12(19)9-7-15-13(20)16(2)11(9)18;/h7-8,10H,3-6,14H2,1-2H3,(H,15,20);1H. The van der Waals surface area contributed by atoms with Crippen molar-refractivity contribution >= 4 is 18.3 Å². The molecule has 2 rings (SSSR count). The van der Waals surface area contributed by atoms with Crippen LogP contribution in [-0.2, 0) is 7.05 Å². The van der Waals surface area contributed by atoms with Crippen LogP contribution in [0.1, 0.15) is 36.5 Å². The van der Waals surface area contributed by atoms with Gasteiger partial charge in [0.15, 0.2) is 0 Å². The summed E-state index contributed by atoms with van der Waals surface area (Å²) in [7, 11) is 1.34. The number of rotatable bonds is 2. The summed E-state index contributed by atoms with van der Waals surface area (Å²) in [5, 5.41) is 0. The number of halogens is 1.